The fourth-order valence-corrected chi connectivity index (χ4v) is 2.71. The molecule has 1 saturated heterocycles. The third-order valence-electron chi connectivity index (χ3n) is 3.89. The van der Waals surface area contributed by atoms with Gasteiger partial charge in [-0.2, -0.15) is 5.10 Å². The average molecular weight is 265 g/mol. The first-order chi connectivity index (χ1) is 9.20. The van der Waals surface area contributed by atoms with Crippen molar-refractivity contribution in [1.82, 2.24) is 25.0 Å². The summed E-state index contributed by atoms with van der Waals surface area (Å²) in [6.07, 6.45) is 4.07. The summed E-state index contributed by atoms with van der Waals surface area (Å²) in [6, 6.07) is 0.678. The molecule has 19 heavy (non-hydrogen) atoms. The molecule has 2 rings (SSSR count). The molecule has 1 N–H and O–H groups in total. The van der Waals surface area contributed by atoms with Gasteiger partial charge in [0.05, 0.1) is 6.54 Å². The van der Waals surface area contributed by atoms with Crippen molar-refractivity contribution in [2.45, 2.75) is 52.7 Å². The van der Waals surface area contributed by atoms with Crippen molar-refractivity contribution in [2.75, 3.05) is 19.6 Å². The number of rotatable bonds is 7. The number of hydrogen-bond donors (Lipinski definition) is 1. The lowest BCUT2D eigenvalue weighted by molar-refractivity contribution is 0.263. The molecule has 1 aliphatic heterocycles. The van der Waals surface area contributed by atoms with Crippen LogP contribution in [0.2, 0.25) is 0 Å². The van der Waals surface area contributed by atoms with Gasteiger partial charge in [-0.1, -0.05) is 6.92 Å². The van der Waals surface area contributed by atoms with E-state index < -0.39 is 0 Å². The van der Waals surface area contributed by atoms with Crippen LogP contribution in [0.3, 0.4) is 0 Å². The van der Waals surface area contributed by atoms with Gasteiger partial charge < -0.3 is 10.2 Å². The van der Waals surface area contributed by atoms with E-state index >= 15 is 0 Å². The van der Waals surface area contributed by atoms with Crippen molar-refractivity contribution in [3.05, 3.63) is 12.2 Å². The SMILES string of the molecule is CCCn1ncnc1CNCC1CCN(C(C)C)C1. The van der Waals surface area contributed by atoms with Crippen LogP contribution in [0.25, 0.3) is 0 Å². The number of nitrogens with zero attached hydrogens (tertiary/aromatic N) is 4. The molecule has 0 aliphatic carbocycles. The molecule has 0 spiro atoms. The molecule has 0 radical (unpaired) electrons. The van der Waals surface area contributed by atoms with Crippen LogP contribution in [0.1, 0.15) is 39.4 Å². The van der Waals surface area contributed by atoms with Gasteiger partial charge in [-0.3, -0.25) is 0 Å². The Bertz CT molecular complexity index is 374. The molecule has 108 valence electrons. The minimum atomic E-state index is 0.678. The van der Waals surface area contributed by atoms with Crippen molar-refractivity contribution in [3.8, 4) is 0 Å². The maximum absolute atomic E-state index is 4.32. The van der Waals surface area contributed by atoms with E-state index in [1.165, 1.54) is 19.5 Å². The molecule has 5 nitrogen and oxygen atoms in total. The first-order valence-electron chi connectivity index (χ1n) is 7.52. The lowest BCUT2D eigenvalue weighted by atomic mass is 10.1. The Morgan fingerprint density at radius 3 is 3.00 bits per heavy atom. The number of hydrogen-bond acceptors (Lipinski definition) is 4. The highest BCUT2D eigenvalue weighted by molar-refractivity contribution is 4.85. The van der Waals surface area contributed by atoms with E-state index in [0.29, 0.717) is 6.04 Å². The third-order valence-corrected chi connectivity index (χ3v) is 3.89. The first kappa shape index (κ1) is 14.5. The summed E-state index contributed by atoms with van der Waals surface area (Å²) in [5.41, 5.74) is 0. The maximum Gasteiger partial charge on any atom is 0.140 e. The normalized spacial score (nSPS) is 20.5. The van der Waals surface area contributed by atoms with Crippen LogP contribution in [-0.2, 0) is 13.1 Å². The Morgan fingerprint density at radius 2 is 2.32 bits per heavy atom. The zero-order chi connectivity index (χ0) is 13.7. The summed E-state index contributed by atoms with van der Waals surface area (Å²) in [5.74, 6) is 1.84. The van der Waals surface area contributed by atoms with E-state index in [1.54, 1.807) is 6.33 Å². The molecule has 0 amide bonds. The maximum atomic E-state index is 4.32. The molecule has 5 heteroatoms. The van der Waals surface area contributed by atoms with Crippen LogP contribution >= 0.6 is 0 Å². The van der Waals surface area contributed by atoms with Gasteiger partial charge in [0.2, 0.25) is 0 Å². The number of aromatic nitrogens is 3. The van der Waals surface area contributed by atoms with Crippen LogP contribution < -0.4 is 5.32 Å². The second-order valence-corrected chi connectivity index (χ2v) is 5.77. The monoisotopic (exact) mass is 265 g/mol. The molecule has 1 aromatic heterocycles. The van der Waals surface area contributed by atoms with Crippen molar-refractivity contribution in [1.29, 1.82) is 0 Å². The van der Waals surface area contributed by atoms with Gasteiger partial charge in [0.15, 0.2) is 0 Å². The van der Waals surface area contributed by atoms with Crippen LogP contribution in [0, 0.1) is 5.92 Å². The summed E-state index contributed by atoms with van der Waals surface area (Å²) < 4.78 is 2.00. The van der Waals surface area contributed by atoms with Crippen molar-refractivity contribution < 1.29 is 0 Å². The van der Waals surface area contributed by atoms with Crippen LogP contribution in [-0.4, -0.2) is 45.3 Å². The third kappa shape index (κ3) is 4.01. The highest BCUT2D eigenvalue weighted by Crippen LogP contribution is 2.17. The topological polar surface area (TPSA) is 46.0 Å². The first-order valence-corrected chi connectivity index (χ1v) is 7.52. The van der Waals surface area contributed by atoms with Gasteiger partial charge in [-0.05, 0) is 45.7 Å². The van der Waals surface area contributed by atoms with E-state index in [2.05, 4.69) is 41.1 Å². The Labute approximate surface area is 116 Å². The molecular weight excluding hydrogens is 238 g/mol. The molecule has 2 heterocycles. The van der Waals surface area contributed by atoms with Gasteiger partial charge >= 0.3 is 0 Å². The van der Waals surface area contributed by atoms with E-state index in [4.69, 9.17) is 0 Å². The quantitative estimate of drug-likeness (QED) is 0.812. The summed E-state index contributed by atoms with van der Waals surface area (Å²) in [5, 5.41) is 7.79. The summed E-state index contributed by atoms with van der Waals surface area (Å²) >= 11 is 0. The molecule has 1 aliphatic rings. The molecule has 1 atom stereocenters. The minimum absolute atomic E-state index is 0.678. The Hall–Kier alpha value is -0.940. The average Bonchev–Trinajstić information content (AvgIpc) is 3.00. The fraction of sp³-hybridized carbons (Fsp3) is 0.857. The molecule has 0 saturated carbocycles. The summed E-state index contributed by atoms with van der Waals surface area (Å²) in [6.45, 7) is 12.1. The Balaban J connectivity index is 1.71. The summed E-state index contributed by atoms with van der Waals surface area (Å²) in [4.78, 5) is 6.88. The standard InChI is InChI=1S/C14H27N5/c1-4-6-19-14(16-11-17-19)9-15-8-13-5-7-18(10-13)12(2)3/h11-13,15H,4-10H2,1-3H3. The Morgan fingerprint density at radius 1 is 1.47 bits per heavy atom. The zero-order valence-electron chi connectivity index (χ0n) is 12.5. The second kappa shape index (κ2) is 7.01. The van der Waals surface area contributed by atoms with Gasteiger partial charge in [0, 0.05) is 19.1 Å². The van der Waals surface area contributed by atoms with Crippen LogP contribution in [0.15, 0.2) is 6.33 Å². The highest BCUT2D eigenvalue weighted by Gasteiger charge is 2.23. The minimum Gasteiger partial charge on any atom is -0.310 e. The second-order valence-electron chi connectivity index (χ2n) is 5.77. The van der Waals surface area contributed by atoms with Gasteiger partial charge in [-0.15, -0.1) is 0 Å². The smallest absolute Gasteiger partial charge is 0.140 e. The number of nitrogens with one attached hydrogen (secondary N) is 1. The predicted octanol–water partition coefficient (Wildman–Crippen LogP) is 1.51. The molecule has 0 bridgehead atoms. The van der Waals surface area contributed by atoms with Crippen molar-refractivity contribution >= 4 is 0 Å². The van der Waals surface area contributed by atoms with Crippen molar-refractivity contribution in [3.63, 3.8) is 0 Å². The zero-order valence-corrected chi connectivity index (χ0v) is 12.5. The largest absolute Gasteiger partial charge is 0.310 e. The van der Waals surface area contributed by atoms with Crippen LogP contribution in [0.5, 0.6) is 0 Å². The molecule has 1 fully saturated rings. The molecular formula is C14H27N5. The van der Waals surface area contributed by atoms with Crippen LogP contribution in [0.4, 0.5) is 0 Å². The number of aryl methyl sites for hydroxylation is 1. The van der Waals surface area contributed by atoms with Gasteiger partial charge in [0.25, 0.3) is 0 Å². The molecule has 0 aromatic carbocycles. The highest BCUT2D eigenvalue weighted by atomic mass is 15.3. The lowest BCUT2D eigenvalue weighted by Gasteiger charge is -2.20. The van der Waals surface area contributed by atoms with E-state index in [1.807, 2.05) is 4.68 Å². The predicted molar refractivity (Wildman–Crippen MR) is 76.8 cm³/mol. The number of likely N-dealkylation sites (tertiary alicyclic amines) is 1. The van der Waals surface area contributed by atoms with Gasteiger partial charge in [0.1, 0.15) is 12.2 Å². The Kier molecular flexibility index (Phi) is 5.34. The van der Waals surface area contributed by atoms with Crippen molar-refractivity contribution in [2.24, 2.45) is 5.92 Å². The summed E-state index contributed by atoms with van der Waals surface area (Å²) in [7, 11) is 0. The van der Waals surface area contributed by atoms with Gasteiger partial charge in [-0.25, -0.2) is 9.67 Å². The molecule has 1 unspecified atom stereocenters. The van der Waals surface area contributed by atoms with E-state index in [0.717, 1.165) is 37.8 Å². The fourth-order valence-electron chi connectivity index (χ4n) is 2.71. The molecule has 1 aromatic rings. The lowest BCUT2D eigenvalue weighted by Crippen LogP contribution is -2.30. The van der Waals surface area contributed by atoms with E-state index in [9.17, 15) is 0 Å². The van der Waals surface area contributed by atoms with E-state index in [-0.39, 0.29) is 0 Å².